The summed E-state index contributed by atoms with van der Waals surface area (Å²) in [6, 6.07) is 3.25. The van der Waals surface area contributed by atoms with E-state index in [9.17, 15) is 18.0 Å². The highest BCUT2D eigenvalue weighted by molar-refractivity contribution is 7.82. The van der Waals surface area contributed by atoms with Gasteiger partial charge in [-0.1, -0.05) is 59.1 Å². The second-order valence-corrected chi connectivity index (χ2v) is 8.31. The number of urea groups is 1. The number of alkyl halides is 3. The minimum atomic E-state index is -4.21. The predicted molar refractivity (Wildman–Crippen MR) is 111 cm³/mol. The first-order valence-electron chi connectivity index (χ1n) is 10.1. The summed E-state index contributed by atoms with van der Waals surface area (Å²) >= 11 is 4.43. The van der Waals surface area contributed by atoms with Crippen molar-refractivity contribution >= 4 is 24.5 Å². The van der Waals surface area contributed by atoms with Gasteiger partial charge in [-0.05, 0) is 54.7 Å². The van der Waals surface area contributed by atoms with Crippen molar-refractivity contribution in [2.75, 3.05) is 4.31 Å². The number of nitrogens with zero attached hydrogens (tertiary/aromatic N) is 1. The van der Waals surface area contributed by atoms with Gasteiger partial charge in [-0.2, -0.15) is 13.2 Å². The third-order valence-corrected chi connectivity index (χ3v) is 5.97. The van der Waals surface area contributed by atoms with Gasteiger partial charge in [0, 0.05) is 6.04 Å². The monoisotopic (exact) mass is 416 g/mol. The van der Waals surface area contributed by atoms with Crippen molar-refractivity contribution in [3.05, 3.63) is 28.8 Å². The molecule has 0 radical (unpaired) electrons. The Morgan fingerprint density at radius 3 is 2.25 bits per heavy atom. The van der Waals surface area contributed by atoms with Gasteiger partial charge in [0.1, 0.15) is 0 Å². The molecule has 2 atom stereocenters. The molecule has 7 heteroatoms. The molecule has 158 valence electrons. The molecule has 0 saturated heterocycles. The Labute approximate surface area is 171 Å². The lowest BCUT2D eigenvalue weighted by molar-refractivity contribution is -0.183. The van der Waals surface area contributed by atoms with Gasteiger partial charge in [0.05, 0.1) is 11.6 Å². The Balaban J connectivity index is 2.21. The minimum Gasteiger partial charge on any atom is -0.334 e. The molecule has 0 aromatic heterocycles. The normalized spacial score (nSPS) is 20.3. The van der Waals surface area contributed by atoms with Gasteiger partial charge in [-0.15, -0.1) is 0 Å². The van der Waals surface area contributed by atoms with E-state index in [0.29, 0.717) is 18.8 Å². The summed E-state index contributed by atoms with van der Waals surface area (Å²) in [5.41, 5.74) is 3.99. The average molecular weight is 417 g/mol. The molecule has 2 unspecified atom stereocenters. The van der Waals surface area contributed by atoms with Crippen LogP contribution in [0.2, 0.25) is 0 Å². The molecule has 2 amide bonds. The molecule has 1 fully saturated rings. The molecular weight excluding hydrogens is 385 g/mol. The SMILES string of the molecule is CCc1cc(C(C)C)cc(CC)c1N(S)C(=O)NC1CCCC(C(F)(F)F)C1. The molecule has 2 rings (SSSR count). The van der Waals surface area contributed by atoms with Crippen LogP contribution >= 0.6 is 12.8 Å². The molecule has 1 aliphatic rings. The molecule has 1 N–H and O–H groups in total. The molecule has 3 nitrogen and oxygen atoms in total. The first-order chi connectivity index (χ1) is 13.1. The third-order valence-electron chi connectivity index (χ3n) is 5.59. The van der Waals surface area contributed by atoms with Crippen LogP contribution in [-0.2, 0) is 12.8 Å². The summed E-state index contributed by atoms with van der Waals surface area (Å²) < 4.78 is 40.4. The average Bonchev–Trinajstić information content (AvgIpc) is 2.65. The Hall–Kier alpha value is -1.37. The molecule has 0 bridgehead atoms. The van der Waals surface area contributed by atoms with Crippen LogP contribution in [0.3, 0.4) is 0 Å². The van der Waals surface area contributed by atoms with Crippen LogP contribution in [0.25, 0.3) is 0 Å². The van der Waals surface area contributed by atoms with Crippen molar-refractivity contribution in [3.8, 4) is 0 Å². The number of anilines is 1. The Morgan fingerprint density at radius 1 is 1.21 bits per heavy atom. The zero-order valence-corrected chi connectivity index (χ0v) is 18.0. The Bertz CT molecular complexity index is 666. The molecule has 0 heterocycles. The van der Waals surface area contributed by atoms with E-state index < -0.39 is 24.2 Å². The number of amides is 2. The highest BCUT2D eigenvalue weighted by Crippen LogP contribution is 2.38. The van der Waals surface area contributed by atoms with Gasteiger partial charge < -0.3 is 5.32 Å². The van der Waals surface area contributed by atoms with Gasteiger partial charge in [-0.3, -0.25) is 0 Å². The maximum atomic E-state index is 13.0. The third kappa shape index (κ3) is 5.37. The van der Waals surface area contributed by atoms with Crippen LogP contribution in [0.15, 0.2) is 12.1 Å². The fraction of sp³-hybridized carbons (Fsp3) is 0.667. The smallest absolute Gasteiger partial charge is 0.334 e. The fourth-order valence-corrected chi connectivity index (χ4v) is 4.20. The maximum absolute atomic E-state index is 13.0. The summed E-state index contributed by atoms with van der Waals surface area (Å²) in [6.07, 6.45) is -1.62. The molecule has 1 aromatic carbocycles. The van der Waals surface area contributed by atoms with E-state index in [4.69, 9.17) is 0 Å². The van der Waals surface area contributed by atoms with Crippen LogP contribution in [0.4, 0.5) is 23.7 Å². The number of carbonyl (C=O) groups is 1. The van der Waals surface area contributed by atoms with Gasteiger partial charge in [0.15, 0.2) is 0 Å². The summed E-state index contributed by atoms with van der Waals surface area (Å²) in [5, 5.41) is 2.77. The minimum absolute atomic E-state index is 0.0651. The summed E-state index contributed by atoms with van der Waals surface area (Å²) in [7, 11) is 0. The largest absolute Gasteiger partial charge is 0.391 e. The predicted octanol–water partition coefficient (Wildman–Crippen LogP) is 6.42. The second-order valence-electron chi connectivity index (χ2n) is 7.91. The number of hydrogen-bond donors (Lipinski definition) is 2. The number of thiol groups is 1. The lowest BCUT2D eigenvalue weighted by atomic mass is 9.85. The molecule has 1 aromatic rings. The van der Waals surface area contributed by atoms with E-state index in [-0.39, 0.29) is 12.8 Å². The number of halogens is 3. The van der Waals surface area contributed by atoms with Crippen molar-refractivity contribution in [2.24, 2.45) is 5.92 Å². The molecule has 0 aliphatic heterocycles. The van der Waals surface area contributed by atoms with Crippen LogP contribution in [-0.4, -0.2) is 18.2 Å². The van der Waals surface area contributed by atoms with E-state index in [1.807, 2.05) is 13.8 Å². The van der Waals surface area contributed by atoms with Crippen molar-refractivity contribution < 1.29 is 18.0 Å². The topological polar surface area (TPSA) is 32.3 Å². The van der Waals surface area contributed by atoms with E-state index in [0.717, 1.165) is 29.7 Å². The van der Waals surface area contributed by atoms with Crippen molar-refractivity contribution in [3.63, 3.8) is 0 Å². The lowest BCUT2D eigenvalue weighted by Crippen LogP contribution is -2.45. The summed E-state index contributed by atoms with van der Waals surface area (Å²) in [4.78, 5) is 12.8. The van der Waals surface area contributed by atoms with Crippen molar-refractivity contribution in [1.29, 1.82) is 0 Å². The molecular formula is C21H31F3N2OS. The lowest BCUT2D eigenvalue weighted by Gasteiger charge is -2.32. The standard InChI is InChI=1S/C21H31F3N2OS/c1-5-14-10-16(13(3)4)11-15(6-2)19(14)26(28)20(27)25-18-9-7-8-17(12-18)21(22,23)24/h10-11,13,17-18,28H,5-9,12H2,1-4H3,(H,25,27). The van der Waals surface area contributed by atoms with E-state index in [1.54, 1.807) is 0 Å². The highest BCUT2D eigenvalue weighted by Gasteiger charge is 2.42. The first kappa shape index (κ1) is 22.9. The summed E-state index contributed by atoms with van der Waals surface area (Å²) in [6.45, 7) is 8.30. The van der Waals surface area contributed by atoms with Gasteiger partial charge >= 0.3 is 12.2 Å². The first-order valence-corrected chi connectivity index (χ1v) is 10.5. The van der Waals surface area contributed by atoms with Gasteiger partial charge in [0.25, 0.3) is 0 Å². The molecule has 0 spiro atoms. The van der Waals surface area contributed by atoms with E-state index >= 15 is 0 Å². The number of hydrogen-bond acceptors (Lipinski definition) is 2. The molecule has 1 saturated carbocycles. The molecule has 1 aliphatic carbocycles. The number of benzene rings is 1. The van der Waals surface area contributed by atoms with Crippen molar-refractivity contribution in [2.45, 2.75) is 84.4 Å². The van der Waals surface area contributed by atoms with Crippen LogP contribution in [0, 0.1) is 5.92 Å². The molecule has 28 heavy (non-hydrogen) atoms. The Morgan fingerprint density at radius 2 is 1.79 bits per heavy atom. The van der Waals surface area contributed by atoms with Gasteiger partial charge in [-0.25, -0.2) is 9.10 Å². The van der Waals surface area contributed by atoms with Crippen LogP contribution in [0.1, 0.15) is 76.0 Å². The summed E-state index contributed by atoms with van der Waals surface area (Å²) in [5.74, 6) is -0.976. The van der Waals surface area contributed by atoms with Crippen LogP contribution in [0.5, 0.6) is 0 Å². The fourth-order valence-electron chi connectivity index (χ4n) is 3.89. The van der Waals surface area contributed by atoms with E-state index in [2.05, 4.69) is 44.1 Å². The number of aryl methyl sites for hydroxylation is 2. The zero-order chi connectivity index (χ0) is 21.1. The van der Waals surface area contributed by atoms with E-state index in [1.165, 1.54) is 9.87 Å². The van der Waals surface area contributed by atoms with Crippen molar-refractivity contribution in [1.82, 2.24) is 5.32 Å². The highest BCUT2D eigenvalue weighted by atomic mass is 32.1. The Kier molecular flexibility index (Phi) is 7.71. The zero-order valence-electron chi connectivity index (χ0n) is 17.1. The van der Waals surface area contributed by atoms with Gasteiger partial charge in [0.2, 0.25) is 0 Å². The quantitative estimate of drug-likeness (QED) is 0.534. The number of carbonyl (C=O) groups excluding carboxylic acids is 1. The number of nitrogens with one attached hydrogen (secondary N) is 1. The van der Waals surface area contributed by atoms with Crippen LogP contribution < -0.4 is 9.62 Å². The maximum Gasteiger partial charge on any atom is 0.391 e. The number of rotatable bonds is 5. The second kappa shape index (κ2) is 9.42.